The molecule has 1 aliphatic heterocycles. The zero-order valence-electron chi connectivity index (χ0n) is 16.3. The first-order chi connectivity index (χ1) is 15.2. The fraction of sp³-hybridized carbons (Fsp3) is 0.0435. The molecule has 0 atom stereocenters. The average Bonchev–Trinajstić information content (AvgIpc) is 2.79. The molecule has 2 heterocycles. The maximum absolute atomic E-state index is 12.0. The van der Waals surface area contributed by atoms with E-state index in [0.717, 1.165) is 0 Å². The summed E-state index contributed by atoms with van der Waals surface area (Å²) in [5.74, 6) is 0.236. The number of nitrogens with one attached hydrogen (secondary N) is 1. The largest absolute Gasteiger partial charge is 0.490 e. The third kappa shape index (κ3) is 5.13. The Hall–Kier alpha value is -4.46. The van der Waals surface area contributed by atoms with E-state index in [4.69, 9.17) is 4.74 Å². The summed E-state index contributed by atoms with van der Waals surface area (Å²) in [6, 6.07) is 12.8. The van der Waals surface area contributed by atoms with Gasteiger partial charge in [-0.3, -0.25) is 9.59 Å². The lowest BCUT2D eigenvalue weighted by Crippen LogP contribution is -2.28. The number of carbonyl (C=O) groups is 2. The van der Waals surface area contributed by atoms with E-state index in [1.807, 2.05) is 30.3 Å². The van der Waals surface area contributed by atoms with Gasteiger partial charge in [-0.2, -0.15) is 0 Å². The van der Waals surface area contributed by atoms with Gasteiger partial charge >= 0.3 is 0 Å². The second kappa shape index (κ2) is 9.36. The Morgan fingerprint density at radius 2 is 1.90 bits per heavy atom. The van der Waals surface area contributed by atoms with E-state index in [-0.39, 0.29) is 12.5 Å². The topological polar surface area (TPSA) is 106 Å². The van der Waals surface area contributed by atoms with Crippen LogP contribution in [0, 0.1) is 0 Å². The number of hydrogen-bond donors (Lipinski definition) is 1. The molecule has 0 radical (unpaired) electrons. The molecular weight excluding hydrogens is 394 g/mol. The fourth-order valence-corrected chi connectivity index (χ4v) is 2.81. The maximum Gasteiger partial charge on any atom is 0.269 e. The van der Waals surface area contributed by atoms with E-state index in [2.05, 4.69) is 25.3 Å². The second-order valence-electron chi connectivity index (χ2n) is 6.39. The molecule has 2 amide bonds. The number of hydrogen-bond acceptors (Lipinski definition) is 6. The lowest BCUT2D eigenvalue weighted by atomic mass is 10.2. The SMILES string of the molecule is O=C1/C=C\COc2ccc3ncnc(c3c2)/N=c2/cccc/c2=C/NC(=O)/C=C\C=N/1. The molecule has 4 rings (SSSR count). The Labute approximate surface area is 177 Å². The van der Waals surface area contributed by atoms with E-state index in [9.17, 15) is 9.59 Å². The summed E-state index contributed by atoms with van der Waals surface area (Å²) in [5, 5.41) is 4.72. The minimum Gasteiger partial charge on any atom is -0.490 e. The highest BCUT2D eigenvalue weighted by Gasteiger charge is 2.05. The molecule has 1 N–H and O–H groups in total. The third-order valence-electron chi connectivity index (χ3n) is 4.26. The van der Waals surface area contributed by atoms with Gasteiger partial charge in [0.2, 0.25) is 5.91 Å². The van der Waals surface area contributed by atoms with Crippen LogP contribution in [0.15, 0.2) is 83.1 Å². The maximum atomic E-state index is 12.0. The number of para-hydroxylation sites is 1. The molecule has 0 fully saturated rings. The molecule has 0 unspecified atom stereocenters. The zero-order valence-corrected chi connectivity index (χ0v) is 16.3. The van der Waals surface area contributed by atoms with Crippen LogP contribution in [-0.2, 0) is 9.59 Å². The van der Waals surface area contributed by atoms with Crippen molar-refractivity contribution in [2.75, 3.05) is 6.61 Å². The molecule has 8 nitrogen and oxygen atoms in total. The molecule has 2 aromatic carbocycles. The molecule has 3 aromatic rings. The zero-order chi connectivity index (χ0) is 21.5. The van der Waals surface area contributed by atoms with Gasteiger partial charge in [0.25, 0.3) is 5.91 Å². The Morgan fingerprint density at radius 1 is 1.00 bits per heavy atom. The van der Waals surface area contributed by atoms with Crippen molar-refractivity contribution in [2.45, 2.75) is 0 Å². The van der Waals surface area contributed by atoms with E-state index >= 15 is 0 Å². The molecule has 1 aliphatic rings. The smallest absolute Gasteiger partial charge is 0.269 e. The average molecular weight is 411 g/mol. The van der Waals surface area contributed by atoms with Gasteiger partial charge in [-0.05, 0) is 36.4 Å². The van der Waals surface area contributed by atoms with Crippen molar-refractivity contribution < 1.29 is 14.3 Å². The van der Waals surface area contributed by atoms with Gasteiger partial charge in [-0.25, -0.2) is 20.0 Å². The molecule has 152 valence electrons. The predicted octanol–water partition coefficient (Wildman–Crippen LogP) is 1.54. The standard InChI is InChI=1S/C23H17N5O3/c29-21-8-4-12-31-17-9-10-20-18(13-17)23(27-15-26-20)28-19-6-2-1-5-16(19)14-25-22(30)7-3-11-24-21/h1-11,13-15H,12H2,(H,25,30)/b7-3-,8-4-,16-14-,24-11-,28-19-. The van der Waals surface area contributed by atoms with Crippen LogP contribution in [-0.4, -0.2) is 34.6 Å². The Morgan fingerprint density at radius 3 is 2.84 bits per heavy atom. The van der Waals surface area contributed by atoms with Crippen LogP contribution in [0.1, 0.15) is 0 Å². The summed E-state index contributed by atoms with van der Waals surface area (Å²) < 4.78 is 5.70. The van der Waals surface area contributed by atoms with Crippen molar-refractivity contribution in [1.82, 2.24) is 15.3 Å². The summed E-state index contributed by atoms with van der Waals surface area (Å²) in [6.07, 6.45) is 9.78. The van der Waals surface area contributed by atoms with Crippen LogP contribution in [0.3, 0.4) is 0 Å². The highest BCUT2D eigenvalue weighted by atomic mass is 16.5. The van der Waals surface area contributed by atoms with Crippen LogP contribution in [0.2, 0.25) is 0 Å². The van der Waals surface area contributed by atoms with Crippen LogP contribution in [0.5, 0.6) is 5.75 Å². The van der Waals surface area contributed by atoms with Gasteiger partial charge in [0.05, 0.1) is 10.9 Å². The van der Waals surface area contributed by atoms with Crippen LogP contribution >= 0.6 is 0 Å². The van der Waals surface area contributed by atoms with Gasteiger partial charge in [0.15, 0.2) is 5.82 Å². The Bertz CT molecular complexity index is 1360. The number of ether oxygens (including phenoxy) is 1. The Kier molecular flexibility index (Phi) is 5.99. The van der Waals surface area contributed by atoms with Crippen molar-refractivity contribution >= 4 is 40.9 Å². The molecule has 0 saturated heterocycles. The minimum absolute atomic E-state index is 0.184. The van der Waals surface area contributed by atoms with Gasteiger partial charge < -0.3 is 10.1 Å². The lowest BCUT2D eigenvalue weighted by Gasteiger charge is -2.06. The van der Waals surface area contributed by atoms with Crippen LogP contribution in [0.4, 0.5) is 5.82 Å². The molecule has 0 spiro atoms. The van der Waals surface area contributed by atoms with E-state index in [1.54, 1.807) is 24.4 Å². The molecule has 31 heavy (non-hydrogen) atoms. The van der Waals surface area contributed by atoms with E-state index in [0.29, 0.717) is 33.0 Å². The predicted molar refractivity (Wildman–Crippen MR) is 116 cm³/mol. The first-order valence-electron chi connectivity index (χ1n) is 9.42. The van der Waals surface area contributed by atoms with Crippen molar-refractivity contribution in [1.29, 1.82) is 0 Å². The number of nitrogens with zero attached hydrogens (tertiary/aromatic N) is 4. The quantitative estimate of drug-likeness (QED) is 0.604. The number of allylic oxidation sites excluding steroid dienone is 1. The van der Waals surface area contributed by atoms with Gasteiger partial charge in [-0.15, -0.1) is 0 Å². The molecule has 2 bridgehead atoms. The summed E-state index contributed by atoms with van der Waals surface area (Å²) in [4.78, 5) is 40.7. The number of carbonyl (C=O) groups excluding carboxylic acids is 2. The van der Waals surface area contributed by atoms with Gasteiger partial charge in [0.1, 0.15) is 18.7 Å². The first-order valence-corrected chi connectivity index (χ1v) is 9.42. The van der Waals surface area contributed by atoms with Crippen molar-refractivity contribution in [3.8, 4) is 5.75 Å². The highest BCUT2D eigenvalue weighted by Crippen LogP contribution is 2.25. The summed E-state index contributed by atoms with van der Waals surface area (Å²) in [6.45, 7) is 0.184. The number of aromatic nitrogens is 2. The highest BCUT2D eigenvalue weighted by molar-refractivity contribution is 5.98. The Balaban J connectivity index is 1.85. The number of benzene rings is 2. The minimum atomic E-state index is -0.458. The van der Waals surface area contributed by atoms with Crippen LogP contribution in [0.25, 0.3) is 17.1 Å². The van der Waals surface area contributed by atoms with E-state index < -0.39 is 5.91 Å². The van der Waals surface area contributed by atoms with Crippen molar-refractivity contribution in [3.05, 3.63) is 83.7 Å². The monoisotopic (exact) mass is 411 g/mol. The van der Waals surface area contributed by atoms with Crippen molar-refractivity contribution in [3.63, 3.8) is 0 Å². The summed E-state index contributed by atoms with van der Waals surface area (Å²) in [5.41, 5.74) is 0.715. The van der Waals surface area contributed by atoms with Gasteiger partial charge in [0, 0.05) is 35.2 Å². The molecule has 8 heteroatoms. The summed E-state index contributed by atoms with van der Waals surface area (Å²) >= 11 is 0. The number of fused-ring (bicyclic) bond motifs is 2. The molecule has 0 aliphatic carbocycles. The summed E-state index contributed by atoms with van der Waals surface area (Å²) in [7, 11) is 0. The first kappa shape index (κ1) is 19.8. The fourth-order valence-electron chi connectivity index (χ4n) is 2.81. The molecule has 0 saturated carbocycles. The molecular formula is C23H17N5O3. The number of aliphatic imine (C=N–C) groups is 1. The van der Waals surface area contributed by atoms with Crippen molar-refractivity contribution in [2.24, 2.45) is 9.98 Å². The number of amides is 2. The second-order valence-corrected chi connectivity index (χ2v) is 6.39. The lowest BCUT2D eigenvalue weighted by molar-refractivity contribution is -0.115. The molecule has 1 aromatic heterocycles. The third-order valence-corrected chi connectivity index (χ3v) is 4.26. The van der Waals surface area contributed by atoms with E-state index in [1.165, 1.54) is 30.8 Å². The number of rotatable bonds is 0. The van der Waals surface area contributed by atoms with Gasteiger partial charge in [-0.1, -0.05) is 18.2 Å². The van der Waals surface area contributed by atoms with Crippen LogP contribution < -0.4 is 20.6 Å². The normalized spacial score (nSPS) is 19.7.